The molecule has 1 N–H and O–H groups in total. The summed E-state index contributed by atoms with van der Waals surface area (Å²) in [7, 11) is 0. The van der Waals surface area contributed by atoms with E-state index in [1.54, 1.807) is 12.1 Å². The van der Waals surface area contributed by atoms with Gasteiger partial charge in [-0.25, -0.2) is 4.68 Å². The third-order valence-corrected chi connectivity index (χ3v) is 4.10. The van der Waals surface area contributed by atoms with E-state index in [1.807, 2.05) is 56.6 Å². The number of carbonyl (C=O) groups excluding carboxylic acids is 1. The molecular formula is C19H22N4O2. The lowest BCUT2D eigenvalue weighted by atomic mass is 10.1. The minimum atomic E-state index is -0.240. The van der Waals surface area contributed by atoms with Crippen molar-refractivity contribution >= 4 is 5.91 Å². The number of rotatable bonds is 5. The van der Waals surface area contributed by atoms with E-state index in [0.29, 0.717) is 11.3 Å². The minimum absolute atomic E-state index is 0.151. The van der Waals surface area contributed by atoms with Gasteiger partial charge in [0.05, 0.1) is 23.1 Å². The Morgan fingerprint density at radius 3 is 2.52 bits per heavy atom. The van der Waals surface area contributed by atoms with Crippen LogP contribution in [0.4, 0.5) is 0 Å². The summed E-state index contributed by atoms with van der Waals surface area (Å²) in [6.45, 7) is 7.85. The summed E-state index contributed by atoms with van der Waals surface area (Å²) in [6, 6.07) is 11.0. The van der Waals surface area contributed by atoms with Gasteiger partial charge in [0.15, 0.2) is 5.76 Å². The zero-order chi connectivity index (χ0) is 18.0. The van der Waals surface area contributed by atoms with E-state index in [2.05, 4.69) is 15.6 Å². The lowest BCUT2D eigenvalue weighted by Gasteiger charge is -2.11. The predicted molar refractivity (Wildman–Crippen MR) is 94.8 cm³/mol. The molecule has 2 aromatic heterocycles. The van der Waals surface area contributed by atoms with Crippen LogP contribution in [0.1, 0.15) is 53.1 Å². The fraction of sp³-hybridized carbons (Fsp3) is 0.316. The first-order valence-corrected chi connectivity index (χ1v) is 8.38. The normalized spacial score (nSPS) is 12.2. The second-order valence-electron chi connectivity index (χ2n) is 6.16. The molecule has 3 aromatic rings. The summed E-state index contributed by atoms with van der Waals surface area (Å²) in [6.07, 6.45) is 0.804. The highest BCUT2D eigenvalue weighted by atomic mass is 16.5. The number of amides is 1. The highest BCUT2D eigenvalue weighted by molar-refractivity contribution is 5.94. The first-order valence-electron chi connectivity index (χ1n) is 8.38. The average molecular weight is 338 g/mol. The Hall–Kier alpha value is -2.89. The van der Waals surface area contributed by atoms with Crippen molar-refractivity contribution in [2.24, 2.45) is 0 Å². The van der Waals surface area contributed by atoms with E-state index < -0.39 is 0 Å². The van der Waals surface area contributed by atoms with Crippen LogP contribution in [0.25, 0.3) is 5.69 Å². The summed E-state index contributed by atoms with van der Waals surface area (Å²) in [4.78, 5) is 12.4. The summed E-state index contributed by atoms with van der Waals surface area (Å²) in [5.41, 5.74) is 4.42. The zero-order valence-electron chi connectivity index (χ0n) is 14.9. The van der Waals surface area contributed by atoms with Crippen LogP contribution in [0.3, 0.4) is 0 Å². The molecule has 1 aromatic carbocycles. The van der Waals surface area contributed by atoms with Crippen LogP contribution in [0, 0.1) is 13.8 Å². The smallest absolute Gasteiger partial charge is 0.251 e. The minimum Gasteiger partial charge on any atom is -0.359 e. The topological polar surface area (TPSA) is 73.0 Å². The van der Waals surface area contributed by atoms with Crippen LogP contribution in [0.2, 0.25) is 0 Å². The molecule has 130 valence electrons. The molecule has 0 radical (unpaired) electrons. The van der Waals surface area contributed by atoms with Gasteiger partial charge < -0.3 is 9.84 Å². The van der Waals surface area contributed by atoms with Crippen molar-refractivity contribution in [3.63, 3.8) is 0 Å². The summed E-state index contributed by atoms with van der Waals surface area (Å²) < 4.78 is 7.13. The van der Waals surface area contributed by atoms with E-state index >= 15 is 0 Å². The molecule has 25 heavy (non-hydrogen) atoms. The van der Waals surface area contributed by atoms with Crippen LogP contribution in [0.5, 0.6) is 0 Å². The van der Waals surface area contributed by atoms with Crippen molar-refractivity contribution in [1.29, 1.82) is 0 Å². The number of hydrogen-bond donors (Lipinski definition) is 1. The van der Waals surface area contributed by atoms with Crippen molar-refractivity contribution in [3.05, 3.63) is 64.8 Å². The predicted octanol–water partition coefficient (Wildman–Crippen LogP) is 3.53. The molecule has 0 fully saturated rings. The second kappa shape index (κ2) is 6.93. The van der Waals surface area contributed by atoms with Gasteiger partial charge in [-0.3, -0.25) is 4.79 Å². The summed E-state index contributed by atoms with van der Waals surface area (Å²) >= 11 is 0. The van der Waals surface area contributed by atoms with Crippen LogP contribution in [-0.4, -0.2) is 20.8 Å². The SMILES string of the molecule is CCc1cc([C@@H](C)NC(=O)c2ccc(-n3nc(C)cc3C)cc2)on1. The van der Waals surface area contributed by atoms with Crippen molar-refractivity contribution in [2.75, 3.05) is 0 Å². The number of aromatic nitrogens is 3. The molecule has 3 rings (SSSR count). The van der Waals surface area contributed by atoms with Crippen LogP contribution in [0.15, 0.2) is 40.9 Å². The number of nitrogens with zero attached hydrogens (tertiary/aromatic N) is 3. The van der Waals surface area contributed by atoms with Crippen LogP contribution in [-0.2, 0) is 6.42 Å². The molecule has 0 spiro atoms. The Bertz CT molecular complexity index is 877. The fourth-order valence-corrected chi connectivity index (χ4v) is 2.69. The average Bonchev–Trinajstić information content (AvgIpc) is 3.21. The Labute approximate surface area is 146 Å². The van der Waals surface area contributed by atoms with Crippen molar-refractivity contribution in [2.45, 2.75) is 40.2 Å². The number of benzene rings is 1. The number of carbonyl (C=O) groups is 1. The number of aryl methyl sites for hydroxylation is 3. The van der Waals surface area contributed by atoms with Gasteiger partial charge in [-0.15, -0.1) is 0 Å². The Kier molecular flexibility index (Phi) is 4.70. The van der Waals surface area contributed by atoms with E-state index in [0.717, 1.165) is 29.2 Å². The third-order valence-electron chi connectivity index (χ3n) is 4.10. The third kappa shape index (κ3) is 3.63. The largest absolute Gasteiger partial charge is 0.359 e. The number of nitrogens with one attached hydrogen (secondary N) is 1. The van der Waals surface area contributed by atoms with E-state index in [-0.39, 0.29) is 11.9 Å². The fourth-order valence-electron chi connectivity index (χ4n) is 2.69. The molecule has 0 saturated heterocycles. The summed E-state index contributed by atoms with van der Waals surface area (Å²) in [5.74, 6) is 0.506. The Morgan fingerprint density at radius 1 is 1.24 bits per heavy atom. The number of hydrogen-bond acceptors (Lipinski definition) is 4. The maximum absolute atomic E-state index is 12.4. The van der Waals surface area contributed by atoms with Crippen molar-refractivity contribution in [1.82, 2.24) is 20.3 Å². The molecule has 0 aliphatic carbocycles. The van der Waals surface area contributed by atoms with Gasteiger partial charge in [0.1, 0.15) is 0 Å². The van der Waals surface area contributed by atoms with Crippen molar-refractivity contribution < 1.29 is 9.32 Å². The van der Waals surface area contributed by atoms with Gasteiger partial charge in [0, 0.05) is 17.3 Å². The monoisotopic (exact) mass is 338 g/mol. The lowest BCUT2D eigenvalue weighted by Crippen LogP contribution is -2.26. The quantitative estimate of drug-likeness (QED) is 0.772. The molecule has 2 heterocycles. The molecule has 0 bridgehead atoms. The Balaban J connectivity index is 1.71. The standard InChI is InChI=1S/C19H22N4O2/c1-5-16-11-18(25-22-16)14(4)20-19(24)15-6-8-17(9-7-15)23-13(3)10-12(2)21-23/h6-11,14H,5H2,1-4H3,(H,20,24)/t14-/m1/s1. The van der Waals surface area contributed by atoms with Crippen molar-refractivity contribution in [3.8, 4) is 5.69 Å². The van der Waals surface area contributed by atoms with Gasteiger partial charge >= 0.3 is 0 Å². The highest BCUT2D eigenvalue weighted by Gasteiger charge is 2.16. The van der Waals surface area contributed by atoms with Crippen LogP contribution >= 0.6 is 0 Å². The van der Waals surface area contributed by atoms with Gasteiger partial charge in [-0.1, -0.05) is 12.1 Å². The van der Waals surface area contributed by atoms with E-state index in [4.69, 9.17) is 4.52 Å². The maximum atomic E-state index is 12.4. The molecule has 6 heteroatoms. The van der Waals surface area contributed by atoms with E-state index in [1.165, 1.54) is 0 Å². The molecule has 1 atom stereocenters. The zero-order valence-corrected chi connectivity index (χ0v) is 14.9. The highest BCUT2D eigenvalue weighted by Crippen LogP contribution is 2.16. The first kappa shape index (κ1) is 17.0. The molecule has 6 nitrogen and oxygen atoms in total. The maximum Gasteiger partial charge on any atom is 0.251 e. The van der Waals surface area contributed by atoms with Gasteiger partial charge in [0.2, 0.25) is 0 Å². The van der Waals surface area contributed by atoms with Gasteiger partial charge in [-0.2, -0.15) is 5.10 Å². The lowest BCUT2D eigenvalue weighted by molar-refractivity contribution is 0.0934. The summed E-state index contributed by atoms with van der Waals surface area (Å²) in [5, 5.41) is 11.3. The molecule has 1 amide bonds. The molecule has 0 aliphatic heterocycles. The molecular weight excluding hydrogens is 316 g/mol. The van der Waals surface area contributed by atoms with E-state index in [9.17, 15) is 4.79 Å². The first-order chi connectivity index (χ1) is 12.0. The Morgan fingerprint density at radius 2 is 1.96 bits per heavy atom. The van der Waals surface area contributed by atoms with Gasteiger partial charge in [0.25, 0.3) is 5.91 Å². The second-order valence-corrected chi connectivity index (χ2v) is 6.16. The van der Waals surface area contributed by atoms with Crippen LogP contribution < -0.4 is 5.32 Å². The molecule has 0 aliphatic rings. The van der Waals surface area contributed by atoms with Gasteiger partial charge in [-0.05, 0) is 57.5 Å². The molecule has 0 saturated carbocycles. The molecule has 0 unspecified atom stereocenters.